The minimum absolute atomic E-state index is 0.291. The highest BCUT2D eigenvalue weighted by Crippen LogP contribution is 2.24. The number of nitrogens with zero attached hydrogens (tertiary/aromatic N) is 3. The van der Waals surface area contributed by atoms with Gasteiger partial charge in [-0.1, -0.05) is 0 Å². The van der Waals surface area contributed by atoms with E-state index in [4.69, 9.17) is 0 Å². The maximum absolute atomic E-state index is 11.0. The number of non-ortho nitro benzene ring substituents is 1. The summed E-state index contributed by atoms with van der Waals surface area (Å²) in [4.78, 5) is 20.4. The lowest BCUT2D eigenvalue weighted by Crippen LogP contribution is -2.30. The average molecular weight is 260 g/mol. The summed E-state index contributed by atoms with van der Waals surface area (Å²) in [7, 11) is 0. The standard InChI is InChI=1S/C12H10N3O4/c1-9-3-2-6-13(8-9)11-5-4-10(14(16)17)7-12(11)15(18)19/h2-8H,1H3/q+1. The van der Waals surface area contributed by atoms with Gasteiger partial charge in [0.25, 0.3) is 11.4 Å². The van der Waals surface area contributed by atoms with Crippen LogP contribution in [0.1, 0.15) is 5.56 Å². The molecule has 1 aromatic heterocycles. The van der Waals surface area contributed by atoms with Crippen LogP contribution in [0.3, 0.4) is 0 Å². The number of benzene rings is 1. The zero-order valence-corrected chi connectivity index (χ0v) is 10.0. The Morgan fingerprint density at radius 1 is 1.11 bits per heavy atom. The Morgan fingerprint density at radius 2 is 1.84 bits per heavy atom. The van der Waals surface area contributed by atoms with Crippen molar-refractivity contribution in [3.63, 3.8) is 0 Å². The van der Waals surface area contributed by atoms with Gasteiger partial charge in [-0.3, -0.25) is 20.2 Å². The highest BCUT2D eigenvalue weighted by Gasteiger charge is 2.25. The minimum atomic E-state index is -0.655. The molecule has 0 aliphatic heterocycles. The first kappa shape index (κ1) is 12.6. The topological polar surface area (TPSA) is 90.2 Å². The zero-order valence-electron chi connectivity index (χ0n) is 10.0. The van der Waals surface area contributed by atoms with E-state index in [1.54, 1.807) is 23.0 Å². The number of pyridine rings is 1. The van der Waals surface area contributed by atoms with E-state index in [0.29, 0.717) is 5.69 Å². The molecule has 0 radical (unpaired) electrons. The van der Waals surface area contributed by atoms with E-state index in [1.807, 2.05) is 13.0 Å². The van der Waals surface area contributed by atoms with Crippen molar-refractivity contribution in [2.75, 3.05) is 0 Å². The maximum Gasteiger partial charge on any atom is 0.347 e. The SMILES string of the molecule is Cc1ccc[n+](-c2ccc([N+](=O)[O-])cc2[N+](=O)[O-])c1. The molecule has 0 fully saturated rings. The first-order valence-electron chi connectivity index (χ1n) is 5.40. The van der Waals surface area contributed by atoms with Crippen molar-refractivity contribution >= 4 is 11.4 Å². The van der Waals surface area contributed by atoms with E-state index in [2.05, 4.69) is 0 Å². The first-order valence-corrected chi connectivity index (χ1v) is 5.40. The summed E-state index contributed by atoms with van der Waals surface area (Å²) >= 11 is 0. The summed E-state index contributed by atoms with van der Waals surface area (Å²) in [6.07, 6.45) is 3.37. The van der Waals surface area contributed by atoms with Gasteiger partial charge in [-0.15, -0.1) is 0 Å². The van der Waals surface area contributed by atoms with Crippen LogP contribution in [0, 0.1) is 27.2 Å². The van der Waals surface area contributed by atoms with Crippen LogP contribution in [-0.4, -0.2) is 9.85 Å². The molecule has 0 spiro atoms. The fourth-order valence-corrected chi connectivity index (χ4v) is 1.73. The van der Waals surface area contributed by atoms with Gasteiger partial charge in [0.05, 0.1) is 9.85 Å². The van der Waals surface area contributed by atoms with Crippen molar-refractivity contribution in [1.82, 2.24) is 0 Å². The molecule has 0 amide bonds. The number of aryl methyl sites for hydroxylation is 1. The number of hydrogen-bond acceptors (Lipinski definition) is 4. The van der Waals surface area contributed by atoms with Crippen LogP contribution in [0.4, 0.5) is 11.4 Å². The molecule has 1 heterocycles. The Balaban J connectivity index is 2.63. The van der Waals surface area contributed by atoms with Crippen molar-refractivity contribution in [2.45, 2.75) is 6.92 Å². The predicted octanol–water partition coefficient (Wildman–Crippen LogP) is 2.09. The van der Waals surface area contributed by atoms with Crippen LogP contribution in [-0.2, 0) is 0 Å². The lowest BCUT2D eigenvalue weighted by molar-refractivity contribution is -0.601. The van der Waals surface area contributed by atoms with Gasteiger partial charge in [0.1, 0.15) is 6.07 Å². The molecule has 0 aliphatic rings. The largest absolute Gasteiger partial charge is 0.347 e. The molecule has 0 N–H and O–H groups in total. The molecule has 0 atom stereocenters. The summed E-state index contributed by atoms with van der Waals surface area (Å²) in [5.74, 6) is 0. The van der Waals surface area contributed by atoms with Gasteiger partial charge >= 0.3 is 5.69 Å². The molecule has 7 nitrogen and oxygen atoms in total. The van der Waals surface area contributed by atoms with E-state index in [1.165, 1.54) is 12.1 Å². The van der Waals surface area contributed by atoms with E-state index < -0.39 is 9.85 Å². The van der Waals surface area contributed by atoms with Gasteiger partial charge in [-0.05, 0) is 13.0 Å². The van der Waals surface area contributed by atoms with Crippen LogP contribution in [0.5, 0.6) is 0 Å². The lowest BCUT2D eigenvalue weighted by atomic mass is 10.2. The molecule has 0 bridgehead atoms. The average Bonchev–Trinajstić information content (AvgIpc) is 2.37. The highest BCUT2D eigenvalue weighted by molar-refractivity contribution is 5.53. The van der Waals surface area contributed by atoms with E-state index in [-0.39, 0.29) is 11.4 Å². The fraction of sp³-hybridized carbons (Fsp3) is 0.0833. The monoisotopic (exact) mass is 260 g/mol. The van der Waals surface area contributed by atoms with Gasteiger partial charge in [0.15, 0.2) is 12.4 Å². The van der Waals surface area contributed by atoms with Crippen molar-refractivity contribution < 1.29 is 14.4 Å². The Kier molecular flexibility index (Phi) is 3.19. The van der Waals surface area contributed by atoms with Crippen LogP contribution < -0.4 is 4.57 Å². The quantitative estimate of drug-likeness (QED) is 0.480. The van der Waals surface area contributed by atoms with E-state index in [9.17, 15) is 20.2 Å². The number of nitro benzene ring substituents is 2. The normalized spacial score (nSPS) is 10.2. The van der Waals surface area contributed by atoms with Crippen LogP contribution in [0.25, 0.3) is 5.69 Å². The molecule has 1 aromatic carbocycles. The molecule has 7 heteroatoms. The highest BCUT2D eigenvalue weighted by atomic mass is 16.6. The smallest absolute Gasteiger partial charge is 0.258 e. The third kappa shape index (κ3) is 2.54. The van der Waals surface area contributed by atoms with Crippen LogP contribution in [0.2, 0.25) is 0 Å². The predicted molar refractivity (Wildman–Crippen MR) is 66.0 cm³/mol. The van der Waals surface area contributed by atoms with Gasteiger partial charge in [-0.25, -0.2) is 0 Å². The Labute approximate surface area is 108 Å². The minimum Gasteiger partial charge on any atom is -0.258 e. The van der Waals surface area contributed by atoms with E-state index in [0.717, 1.165) is 11.6 Å². The molecule has 19 heavy (non-hydrogen) atoms. The number of nitro groups is 2. The molecular formula is C12H10N3O4+. The second-order valence-corrected chi connectivity index (χ2v) is 3.98. The number of hydrogen-bond donors (Lipinski definition) is 0. The molecule has 0 saturated carbocycles. The second-order valence-electron chi connectivity index (χ2n) is 3.98. The van der Waals surface area contributed by atoms with Gasteiger partial charge in [0.2, 0.25) is 0 Å². The van der Waals surface area contributed by atoms with E-state index >= 15 is 0 Å². The zero-order chi connectivity index (χ0) is 14.0. The van der Waals surface area contributed by atoms with Crippen molar-refractivity contribution in [1.29, 1.82) is 0 Å². The Bertz CT molecular complexity index is 670. The molecular weight excluding hydrogens is 250 g/mol. The van der Waals surface area contributed by atoms with Crippen LogP contribution >= 0.6 is 0 Å². The fourth-order valence-electron chi connectivity index (χ4n) is 1.73. The molecule has 2 aromatic rings. The third-order valence-electron chi connectivity index (χ3n) is 2.59. The van der Waals surface area contributed by atoms with Crippen molar-refractivity contribution in [3.05, 3.63) is 68.5 Å². The van der Waals surface area contributed by atoms with Crippen molar-refractivity contribution in [3.8, 4) is 5.69 Å². The third-order valence-corrected chi connectivity index (χ3v) is 2.59. The first-order chi connectivity index (χ1) is 8.99. The molecule has 0 unspecified atom stereocenters. The summed E-state index contributed by atoms with van der Waals surface area (Å²) < 4.78 is 1.57. The Morgan fingerprint density at radius 3 is 2.42 bits per heavy atom. The maximum atomic E-state index is 11.0. The number of aromatic nitrogens is 1. The summed E-state index contributed by atoms with van der Waals surface area (Å²) in [5.41, 5.74) is 0.614. The van der Waals surface area contributed by atoms with Gasteiger partial charge in [0, 0.05) is 23.8 Å². The molecule has 2 rings (SSSR count). The molecule has 0 saturated heterocycles. The van der Waals surface area contributed by atoms with Gasteiger partial charge in [-0.2, -0.15) is 4.57 Å². The lowest BCUT2D eigenvalue weighted by Gasteiger charge is -1.98. The Hall–Kier alpha value is -2.83. The summed E-state index contributed by atoms with van der Waals surface area (Å²) in [6.45, 7) is 1.85. The van der Waals surface area contributed by atoms with Crippen molar-refractivity contribution in [2.24, 2.45) is 0 Å². The van der Waals surface area contributed by atoms with Gasteiger partial charge < -0.3 is 0 Å². The summed E-state index contributed by atoms with van der Waals surface area (Å²) in [6, 6.07) is 7.19. The molecule has 0 aliphatic carbocycles. The number of rotatable bonds is 3. The van der Waals surface area contributed by atoms with Crippen LogP contribution in [0.15, 0.2) is 42.7 Å². The second kappa shape index (κ2) is 4.81. The summed E-state index contributed by atoms with van der Waals surface area (Å²) in [5, 5.41) is 21.7. The molecule has 96 valence electrons.